The molecular weight excluding hydrogens is 469 g/mol. The lowest BCUT2D eigenvalue weighted by molar-refractivity contribution is -0.134. The molecule has 9 heteroatoms. The lowest BCUT2D eigenvalue weighted by atomic mass is 9.81. The van der Waals surface area contributed by atoms with Gasteiger partial charge in [0.05, 0.1) is 28.8 Å². The van der Waals surface area contributed by atoms with Crippen LogP contribution in [0.3, 0.4) is 0 Å². The summed E-state index contributed by atoms with van der Waals surface area (Å²) >= 11 is 13.9. The van der Waals surface area contributed by atoms with E-state index in [9.17, 15) is 9.59 Å². The van der Waals surface area contributed by atoms with E-state index in [1.807, 2.05) is 30.3 Å². The third-order valence-electron chi connectivity index (χ3n) is 5.43. The van der Waals surface area contributed by atoms with Crippen molar-refractivity contribution in [3.8, 4) is 0 Å². The Morgan fingerprint density at radius 1 is 1.19 bits per heavy atom. The van der Waals surface area contributed by atoms with Gasteiger partial charge in [0.25, 0.3) is 5.56 Å². The average Bonchev–Trinajstić information content (AvgIpc) is 3.11. The zero-order valence-electron chi connectivity index (χ0n) is 16.6. The minimum absolute atomic E-state index is 0.132. The molecule has 2 aliphatic rings. The quantitative estimate of drug-likeness (QED) is 0.567. The van der Waals surface area contributed by atoms with Gasteiger partial charge in [-0.3, -0.25) is 9.36 Å². The summed E-state index contributed by atoms with van der Waals surface area (Å²) < 4.78 is 7.18. The number of aromatic nitrogens is 1. The van der Waals surface area contributed by atoms with Crippen LogP contribution >= 0.6 is 34.5 Å². The van der Waals surface area contributed by atoms with E-state index in [4.69, 9.17) is 33.7 Å². The molecule has 0 saturated carbocycles. The largest absolute Gasteiger partial charge is 0.466 e. The van der Waals surface area contributed by atoms with Gasteiger partial charge >= 0.3 is 5.97 Å². The molecule has 1 atom stereocenters. The molecule has 0 amide bonds. The molecule has 2 aromatic carbocycles. The molecule has 5 rings (SSSR count). The van der Waals surface area contributed by atoms with Crippen LogP contribution in [0.15, 0.2) is 63.9 Å². The van der Waals surface area contributed by atoms with Gasteiger partial charge in [0, 0.05) is 10.6 Å². The van der Waals surface area contributed by atoms with Crippen LogP contribution in [0.5, 0.6) is 0 Å². The van der Waals surface area contributed by atoms with Crippen LogP contribution in [0.2, 0.25) is 5.02 Å². The fraction of sp³-hybridized carbons (Fsp3) is 0.0870. The third-order valence-corrected chi connectivity index (χ3v) is 7.17. The number of rotatable bonds is 2. The zero-order valence-corrected chi connectivity index (χ0v) is 19.0. The SMILES string of the molecule is COC(=O)C1=c2sc(=Cc3ccccc3Cl)c(=O)n2C(N)=C2C(Cl)=Nc3ccccc3C21. The van der Waals surface area contributed by atoms with Crippen LogP contribution in [0.4, 0.5) is 5.69 Å². The summed E-state index contributed by atoms with van der Waals surface area (Å²) in [6.07, 6.45) is 1.68. The number of aliphatic imine (C=N–C) groups is 1. The summed E-state index contributed by atoms with van der Waals surface area (Å²) in [5.74, 6) is -1.03. The number of hydrogen-bond acceptors (Lipinski definition) is 6. The number of benzene rings is 2. The molecule has 0 aliphatic carbocycles. The summed E-state index contributed by atoms with van der Waals surface area (Å²) in [6, 6.07) is 14.5. The first-order chi connectivity index (χ1) is 15.4. The van der Waals surface area contributed by atoms with Crippen molar-refractivity contribution in [2.45, 2.75) is 5.92 Å². The van der Waals surface area contributed by atoms with E-state index in [2.05, 4.69) is 4.99 Å². The summed E-state index contributed by atoms with van der Waals surface area (Å²) in [5, 5.41) is 0.637. The van der Waals surface area contributed by atoms with E-state index >= 15 is 0 Å². The standard InChI is InChI=1S/C23H15Cl2N3O3S/c1-31-23(30)18-16-12-7-3-5-9-14(12)27-19(25)17(16)20(26)28-21(29)15(32-22(18)28)10-11-6-2-4-8-13(11)24/h2-10,16H,26H2,1H3. The Morgan fingerprint density at radius 3 is 2.66 bits per heavy atom. The van der Waals surface area contributed by atoms with E-state index in [-0.39, 0.29) is 22.1 Å². The number of nitrogens with zero attached hydrogens (tertiary/aromatic N) is 2. The molecule has 1 unspecified atom stereocenters. The fourth-order valence-electron chi connectivity index (χ4n) is 4.00. The number of ether oxygens (including phenoxy) is 1. The number of allylic oxidation sites excluding steroid dienone is 1. The van der Waals surface area contributed by atoms with Crippen molar-refractivity contribution in [2.75, 3.05) is 7.11 Å². The first-order valence-corrected chi connectivity index (χ1v) is 11.1. The van der Waals surface area contributed by atoms with Gasteiger partial charge in [0.2, 0.25) is 0 Å². The summed E-state index contributed by atoms with van der Waals surface area (Å²) in [5.41, 5.74) is 8.86. The number of halogens is 2. The number of fused-ring (bicyclic) bond motifs is 4. The van der Waals surface area contributed by atoms with Crippen LogP contribution < -0.4 is 20.5 Å². The maximum Gasteiger partial charge on any atom is 0.337 e. The molecule has 32 heavy (non-hydrogen) atoms. The highest BCUT2D eigenvalue weighted by Crippen LogP contribution is 2.45. The van der Waals surface area contributed by atoms with Gasteiger partial charge in [-0.15, -0.1) is 11.3 Å². The molecule has 0 bridgehead atoms. The topological polar surface area (TPSA) is 86.7 Å². The molecule has 3 aromatic rings. The minimum atomic E-state index is -0.602. The first-order valence-electron chi connectivity index (χ1n) is 9.56. The van der Waals surface area contributed by atoms with Crippen molar-refractivity contribution in [3.63, 3.8) is 0 Å². The number of hydrogen-bond donors (Lipinski definition) is 1. The van der Waals surface area contributed by atoms with Crippen LogP contribution in [0, 0.1) is 0 Å². The number of esters is 1. The van der Waals surface area contributed by atoms with Gasteiger partial charge in [-0.2, -0.15) is 0 Å². The first kappa shape index (κ1) is 20.8. The van der Waals surface area contributed by atoms with Gasteiger partial charge in [-0.05, 0) is 29.3 Å². The van der Waals surface area contributed by atoms with Gasteiger partial charge < -0.3 is 10.5 Å². The molecule has 1 aromatic heterocycles. The predicted molar refractivity (Wildman–Crippen MR) is 128 cm³/mol. The van der Waals surface area contributed by atoms with Crippen molar-refractivity contribution >= 4 is 68.8 Å². The Bertz CT molecular complexity index is 1550. The maximum atomic E-state index is 13.4. The van der Waals surface area contributed by atoms with Crippen LogP contribution in [-0.4, -0.2) is 22.8 Å². The lowest BCUT2D eigenvalue weighted by Crippen LogP contribution is -2.41. The Kier molecular flexibility index (Phi) is 5.04. The highest BCUT2D eigenvalue weighted by Gasteiger charge is 2.40. The monoisotopic (exact) mass is 483 g/mol. The summed E-state index contributed by atoms with van der Waals surface area (Å²) in [7, 11) is 1.30. The van der Waals surface area contributed by atoms with Gasteiger partial charge in [0.15, 0.2) is 0 Å². The molecule has 6 nitrogen and oxygen atoms in total. The van der Waals surface area contributed by atoms with Gasteiger partial charge in [-0.25, -0.2) is 9.79 Å². The molecule has 2 aliphatic heterocycles. The summed E-state index contributed by atoms with van der Waals surface area (Å²) in [4.78, 5) is 30.8. The highest BCUT2D eigenvalue weighted by molar-refractivity contribution is 7.07. The molecule has 160 valence electrons. The maximum absolute atomic E-state index is 13.4. The molecule has 0 spiro atoms. The minimum Gasteiger partial charge on any atom is -0.466 e. The van der Waals surface area contributed by atoms with Crippen molar-refractivity contribution in [3.05, 3.63) is 89.8 Å². The molecule has 0 saturated heterocycles. The van der Waals surface area contributed by atoms with Gasteiger partial charge in [0.1, 0.15) is 15.7 Å². The second-order valence-corrected chi connectivity index (χ2v) is 8.97. The van der Waals surface area contributed by atoms with Crippen molar-refractivity contribution in [2.24, 2.45) is 10.7 Å². The van der Waals surface area contributed by atoms with E-state index in [0.29, 0.717) is 31.0 Å². The van der Waals surface area contributed by atoms with Crippen molar-refractivity contribution < 1.29 is 9.53 Å². The Labute approximate surface area is 196 Å². The van der Waals surface area contributed by atoms with Crippen LogP contribution in [0.1, 0.15) is 17.0 Å². The van der Waals surface area contributed by atoms with Gasteiger partial charge in [-0.1, -0.05) is 59.6 Å². The highest BCUT2D eigenvalue weighted by atomic mass is 35.5. The van der Waals surface area contributed by atoms with Crippen molar-refractivity contribution in [1.29, 1.82) is 0 Å². The number of para-hydroxylation sites is 1. The zero-order chi connectivity index (χ0) is 22.6. The van der Waals surface area contributed by atoms with E-state index < -0.39 is 11.9 Å². The number of nitrogens with two attached hydrogens (primary N) is 1. The Hall–Kier alpha value is -3.13. The molecule has 0 radical (unpaired) electrons. The number of thiazole rings is 1. The van der Waals surface area contributed by atoms with E-state index in [0.717, 1.165) is 16.9 Å². The molecular formula is C23H15Cl2N3O3S. The number of carbonyl (C=O) groups excluding carboxylic acids is 1. The third kappa shape index (κ3) is 3.04. The fourth-order valence-corrected chi connectivity index (χ4v) is 5.64. The normalized spacial score (nSPS) is 17.5. The predicted octanol–water partition coefficient (Wildman–Crippen LogP) is 2.92. The summed E-state index contributed by atoms with van der Waals surface area (Å²) in [6.45, 7) is 0. The van der Waals surface area contributed by atoms with Crippen LogP contribution in [-0.2, 0) is 9.53 Å². The number of methoxy groups -OCH3 is 1. The lowest BCUT2D eigenvalue weighted by Gasteiger charge is -2.30. The van der Waals surface area contributed by atoms with E-state index in [1.54, 1.807) is 24.3 Å². The molecule has 3 heterocycles. The van der Waals surface area contributed by atoms with Crippen molar-refractivity contribution in [1.82, 2.24) is 4.57 Å². The second-order valence-electron chi connectivity index (χ2n) is 7.18. The number of carbonyl (C=O) groups is 1. The second kappa shape index (κ2) is 7.78. The Balaban J connectivity index is 1.91. The average molecular weight is 484 g/mol. The van der Waals surface area contributed by atoms with Crippen LogP contribution in [0.25, 0.3) is 17.5 Å². The van der Waals surface area contributed by atoms with E-state index in [1.165, 1.54) is 11.7 Å². The molecule has 0 fully saturated rings. The molecule has 2 N–H and O–H groups in total. The smallest absolute Gasteiger partial charge is 0.337 e. The Morgan fingerprint density at radius 2 is 1.91 bits per heavy atom.